The molecule has 4 rings (SSSR count). The molecule has 0 saturated heterocycles. The maximum Gasteiger partial charge on any atom is 0.255 e. The zero-order chi connectivity index (χ0) is 19.7. The number of ether oxygens (including phenoxy) is 1. The molecule has 0 saturated carbocycles. The van der Waals surface area contributed by atoms with Crippen molar-refractivity contribution < 1.29 is 14.6 Å². The van der Waals surface area contributed by atoms with Crippen molar-refractivity contribution in [3.63, 3.8) is 0 Å². The van der Waals surface area contributed by atoms with E-state index < -0.39 is 6.04 Å². The van der Waals surface area contributed by atoms with Crippen molar-refractivity contribution in [3.05, 3.63) is 71.7 Å². The summed E-state index contributed by atoms with van der Waals surface area (Å²) >= 11 is 0. The van der Waals surface area contributed by atoms with Crippen LogP contribution in [0, 0.1) is 0 Å². The number of carbonyl (C=O) groups excluding carboxylic acids is 1. The van der Waals surface area contributed by atoms with Gasteiger partial charge in [-0.25, -0.2) is 4.68 Å². The Bertz CT molecular complexity index is 1060. The van der Waals surface area contributed by atoms with Crippen molar-refractivity contribution in [3.8, 4) is 11.5 Å². The van der Waals surface area contributed by atoms with Gasteiger partial charge in [0, 0.05) is 11.4 Å². The first-order chi connectivity index (χ1) is 13.6. The molecule has 1 aromatic heterocycles. The van der Waals surface area contributed by atoms with Gasteiger partial charge in [-0.2, -0.15) is 10.1 Å². The molecule has 1 aliphatic rings. The highest BCUT2D eigenvalue weighted by atomic mass is 16.5. The highest BCUT2D eigenvalue weighted by Gasteiger charge is 2.33. The standard InChI is InChI=1S/C20H19N5O3/c1-12-17(19(27)24-14-6-4-3-5-7-14)18(25-20(23-12)21-11-22-25)13-8-9-15(26)16(10-13)28-2/h3-11,18,26H,1-2H3,(H,24,27)(H,21,22,23). The van der Waals surface area contributed by atoms with Crippen LogP contribution in [0.4, 0.5) is 11.6 Å². The van der Waals surface area contributed by atoms with Gasteiger partial charge in [0.15, 0.2) is 11.5 Å². The number of nitrogens with zero attached hydrogens (tertiary/aromatic N) is 3. The molecule has 1 unspecified atom stereocenters. The van der Waals surface area contributed by atoms with Gasteiger partial charge in [-0.15, -0.1) is 0 Å². The van der Waals surface area contributed by atoms with Crippen LogP contribution < -0.4 is 15.4 Å². The number of rotatable bonds is 4. The predicted molar refractivity (Wildman–Crippen MR) is 104 cm³/mol. The van der Waals surface area contributed by atoms with E-state index in [1.54, 1.807) is 16.8 Å². The molecule has 0 bridgehead atoms. The molecule has 28 heavy (non-hydrogen) atoms. The van der Waals surface area contributed by atoms with Gasteiger partial charge in [0.05, 0.1) is 12.7 Å². The summed E-state index contributed by atoms with van der Waals surface area (Å²) in [6, 6.07) is 13.7. The zero-order valence-corrected chi connectivity index (χ0v) is 15.4. The van der Waals surface area contributed by atoms with Crippen LogP contribution >= 0.6 is 0 Å². The maximum absolute atomic E-state index is 13.2. The fourth-order valence-electron chi connectivity index (χ4n) is 3.28. The number of para-hydroxylation sites is 1. The average molecular weight is 377 g/mol. The molecule has 0 aliphatic carbocycles. The molecule has 142 valence electrons. The van der Waals surface area contributed by atoms with Crippen LogP contribution in [0.3, 0.4) is 0 Å². The van der Waals surface area contributed by atoms with E-state index in [4.69, 9.17) is 4.74 Å². The lowest BCUT2D eigenvalue weighted by Crippen LogP contribution is -2.31. The summed E-state index contributed by atoms with van der Waals surface area (Å²) in [6.45, 7) is 1.82. The molecule has 1 amide bonds. The molecule has 3 N–H and O–H groups in total. The summed E-state index contributed by atoms with van der Waals surface area (Å²) in [5, 5.41) is 20.3. The van der Waals surface area contributed by atoms with Gasteiger partial charge in [0.25, 0.3) is 5.91 Å². The SMILES string of the molecule is COc1cc(C2C(C(=O)Nc3ccccc3)=C(C)Nc3ncnn32)ccc1O. The first-order valence-electron chi connectivity index (χ1n) is 8.69. The Labute approximate surface area is 161 Å². The number of nitrogens with one attached hydrogen (secondary N) is 2. The lowest BCUT2D eigenvalue weighted by Gasteiger charge is -2.29. The minimum atomic E-state index is -0.531. The highest BCUT2D eigenvalue weighted by molar-refractivity contribution is 6.06. The molecule has 0 spiro atoms. The maximum atomic E-state index is 13.2. The number of anilines is 2. The van der Waals surface area contributed by atoms with E-state index in [1.165, 1.54) is 19.5 Å². The number of carbonyl (C=O) groups is 1. The number of aromatic hydroxyl groups is 1. The van der Waals surface area contributed by atoms with Crippen molar-refractivity contribution in [2.45, 2.75) is 13.0 Å². The Morgan fingerprint density at radius 1 is 1.25 bits per heavy atom. The van der Waals surface area contributed by atoms with E-state index in [0.717, 1.165) is 5.56 Å². The monoisotopic (exact) mass is 377 g/mol. The summed E-state index contributed by atoms with van der Waals surface area (Å²) in [7, 11) is 1.48. The fourth-order valence-corrected chi connectivity index (χ4v) is 3.28. The summed E-state index contributed by atoms with van der Waals surface area (Å²) < 4.78 is 6.87. The minimum Gasteiger partial charge on any atom is -0.504 e. The van der Waals surface area contributed by atoms with Crippen LogP contribution in [0.1, 0.15) is 18.5 Å². The fraction of sp³-hybridized carbons (Fsp3) is 0.150. The summed E-state index contributed by atoms with van der Waals surface area (Å²) in [5.74, 6) is 0.619. The minimum absolute atomic E-state index is 0.0231. The Kier molecular flexibility index (Phi) is 4.44. The third-order valence-corrected chi connectivity index (χ3v) is 4.59. The number of phenolic OH excluding ortho intramolecular Hbond substituents is 1. The van der Waals surface area contributed by atoms with E-state index >= 15 is 0 Å². The van der Waals surface area contributed by atoms with Gasteiger partial charge in [0.2, 0.25) is 5.95 Å². The highest BCUT2D eigenvalue weighted by Crippen LogP contribution is 2.38. The lowest BCUT2D eigenvalue weighted by atomic mass is 9.94. The second kappa shape index (κ2) is 7.07. The largest absolute Gasteiger partial charge is 0.504 e. The number of allylic oxidation sites excluding steroid dienone is 1. The summed E-state index contributed by atoms with van der Waals surface area (Å²) in [6.07, 6.45) is 1.43. The molecule has 8 nitrogen and oxygen atoms in total. The van der Waals surface area contributed by atoms with Crippen LogP contribution in [0.5, 0.6) is 11.5 Å². The summed E-state index contributed by atoms with van der Waals surface area (Å²) in [5.41, 5.74) is 2.60. The topological polar surface area (TPSA) is 101 Å². The normalized spacial score (nSPS) is 15.6. The van der Waals surface area contributed by atoms with Crippen molar-refractivity contribution in [2.24, 2.45) is 0 Å². The van der Waals surface area contributed by atoms with E-state index in [9.17, 15) is 9.90 Å². The molecule has 3 aromatic rings. The number of hydrogen-bond donors (Lipinski definition) is 3. The third kappa shape index (κ3) is 3.05. The quantitative estimate of drug-likeness (QED) is 0.646. The van der Waals surface area contributed by atoms with Crippen molar-refractivity contribution in [2.75, 3.05) is 17.7 Å². The Morgan fingerprint density at radius 3 is 2.79 bits per heavy atom. The van der Waals surface area contributed by atoms with Gasteiger partial charge < -0.3 is 20.5 Å². The first kappa shape index (κ1) is 17.6. The van der Waals surface area contributed by atoms with Crippen molar-refractivity contribution in [1.29, 1.82) is 0 Å². The molecular weight excluding hydrogens is 358 g/mol. The van der Waals surface area contributed by atoms with Gasteiger partial charge in [0.1, 0.15) is 12.4 Å². The molecule has 0 fully saturated rings. The van der Waals surface area contributed by atoms with Crippen LogP contribution in [-0.4, -0.2) is 32.9 Å². The molecule has 1 atom stereocenters. The lowest BCUT2D eigenvalue weighted by molar-refractivity contribution is -0.113. The number of fused-ring (bicyclic) bond motifs is 1. The number of aromatic nitrogens is 3. The first-order valence-corrected chi connectivity index (χ1v) is 8.69. The molecule has 2 heterocycles. The van der Waals surface area contributed by atoms with E-state index in [-0.39, 0.29) is 11.7 Å². The van der Waals surface area contributed by atoms with Crippen molar-refractivity contribution in [1.82, 2.24) is 14.8 Å². The molecule has 8 heteroatoms. The number of hydrogen-bond acceptors (Lipinski definition) is 6. The molecule has 2 aromatic carbocycles. The van der Waals surface area contributed by atoms with Gasteiger partial charge in [-0.3, -0.25) is 4.79 Å². The van der Waals surface area contributed by atoms with Gasteiger partial charge in [-0.1, -0.05) is 24.3 Å². The Morgan fingerprint density at radius 2 is 2.04 bits per heavy atom. The Balaban J connectivity index is 1.79. The molecule has 0 radical (unpaired) electrons. The summed E-state index contributed by atoms with van der Waals surface area (Å²) in [4.78, 5) is 17.4. The molecule has 1 aliphatic heterocycles. The van der Waals surface area contributed by atoms with Crippen LogP contribution in [0.15, 0.2) is 66.1 Å². The van der Waals surface area contributed by atoms with E-state index in [0.29, 0.717) is 28.7 Å². The van der Waals surface area contributed by atoms with E-state index in [1.807, 2.05) is 37.3 Å². The van der Waals surface area contributed by atoms with Crippen molar-refractivity contribution >= 4 is 17.5 Å². The Hall–Kier alpha value is -3.81. The smallest absolute Gasteiger partial charge is 0.255 e. The number of phenols is 1. The third-order valence-electron chi connectivity index (χ3n) is 4.59. The number of methoxy groups -OCH3 is 1. The second-order valence-electron chi connectivity index (χ2n) is 6.35. The predicted octanol–water partition coefficient (Wildman–Crippen LogP) is 2.92. The molecular formula is C20H19N5O3. The number of benzene rings is 2. The van der Waals surface area contributed by atoms with Gasteiger partial charge in [-0.05, 0) is 36.8 Å². The van der Waals surface area contributed by atoms with Gasteiger partial charge >= 0.3 is 0 Å². The van der Waals surface area contributed by atoms with Crippen LogP contribution in [0.25, 0.3) is 0 Å². The second-order valence-corrected chi connectivity index (χ2v) is 6.35. The van der Waals surface area contributed by atoms with E-state index in [2.05, 4.69) is 20.7 Å². The van der Waals surface area contributed by atoms with Crippen LogP contribution in [0.2, 0.25) is 0 Å². The number of amides is 1. The average Bonchev–Trinajstić information content (AvgIpc) is 3.16. The van der Waals surface area contributed by atoms with Crippen LogP contribution in [-0.2, 0) is 4.79 Å². The zero-order valence-electron chi connectivity index (χ0n) is 15.4.